The van der Waals surface area contributed by atoms with Crippen molar-refractivity contribution in [3.8, 4) is 5.75 Å². The minimum Gasteiger partial charge on any atom is -0.406 e. The van der Waals surface area contributed by atoms with Crippen LogP contribution >= 0.6 is 11.3 Å². The molecule has 1 unspecified atom stereocenters. The topological polar surface area (TPSA) is 76.1 Å². The fourth-order valence-corrected chi connectivity index (χ4v) is 3.19. The van der Waals surface area contributed by atoms with Gasteiger partial charge in [0.1, 0.15) is 10.8 Å². The molecule has 28 heavy (non-hydrogen) atoms. The minimum atomic E-state index is -4.81. The van der Waals surface area contributed by atoms with Crippen molar-refractivity contribution in [1.82, 2.24) is 10.2 Å². The monoisotopic (exact) mass is 408 g/mol. The highest BCUT2D eigenvalue weighted by Gasteiger charge is 2.31. The molecular formula is C18H15F3N4O2S. The molecule has 3 rings (SSSR count). The lowest BCUT2D eigenvalue weighted by Crippen LogP contribution is -2.20. The Morgan fingerprint density at radius 3 is 2.54 bits per heavy atom. The number of carbonyl (C=O) groups excluding carboxylic acids is 1. The molecule has 2 aromatic carbocycles. The number of hydrogen-bond acceptors (Lipinski definition) is 5. The molecule has 10 heteroatoms. The Labute approximate surface area is 162 Å². The number of nitrogens with zero attached hydrogens (tertiary/aromatic N) is 2. The van der Waals surface area contributed by atoms with E-state index < -0.39 is 18.1 Å². The van der Waals surface area contributed by atoms with Crippen LogP contribution in [0.4, 0.5) is 28.8 Å². The molecule has 0 saturated heterocycles. The molecule has 1 atom stereocenters. The van der Waals surface area contributed by atoms with E-state index >= 15 is 0 Å². The molecule has 2 N–H and O–H groups in total. The first-order valence-corrected chi connectivity index (χ1v) is 8.94. The molecule has 3 aromatic rings. The van der Waals surface area contributed by atoms with Crippen LogP contribution < -0.4 is 15.4 Å². The highest BCUT2D eigenvalue weighted by atomic mass is 32.1. The van der Waals surface area contributed by atoms with Gasteiger partial charge in [0.05, 0.1) is 0 Å². The second kappa shape index (κ2) is 8.26. The van der Waals surface area contributed by atoms with Crippen LogP contribution in [0.2, 0.25) is 0 Å². The van der Waals surface area contributed by atoms with Crippen molar-refractivity contribution in [2.24, 2.45) is 0 Å². The van der Waals surface area contributed by atoms with Crippen molar-refractivity contribution in [1.29, 1.82) is 0 Å². The van der Waals surface area contributed by atoms with Gasteiger partial charge >= 0.3 is 12.4 Å². The molecular weight excluding hydrogens is 393 g/mol. The summed E-state index contributed by atoms with van der Waals surface area (Å²) in [6.45, 7) is 1.98. The van der Waals surface area contributed by atoms with E-state index in [2.05, 4.69) is 25.6 Å². The van der Waals surface area contributed by atoms with Gasteiger partial charge in [0, 0.05) is 17.7 Å². The zero-order valence-electron chi connectivity index (χ0n) is 14.5. The molecule has 2 amide bonds. The summed E-state index contributed by atoms with van der Waals surface area (Å²) in [6, 6.07) is 14.0. The van der Waals surface area contributed by atoms with Gasteiger partial charge in [-0.05, 0) is 17.7 Å². The molecule has 0 radical (unpaired) electrons. The van der Waals surface area contributed by atoms with Gasteiger partial charge in [0.25, 0.3) is 0 Å². The largest absolute Gasteiger partial charge is 0.573 e. The van der Waals surface area contributed by atoms with E-state index in [-0.39, 0.29) is 16.7 Å². The Kier molecular flexibility index (Phi) is 5.78. The predicted octanol–water partition coefficient (Wildman–Crippen LogP) is 5.23. The Hall–Kier alpha value is -3.14. The number of urea groups is 1. The maximum atomic E-state index is 12.3. The Morgan fingerprint density at radius 2 is 1.82 bits per heavy atom. The number of nitrogens with one attached hydrogen (secondary N) is 2. The van der Waals surface area contributed by atoms with E-state index in [9.17, 15) is 18.0 Å². The Bertz CT molecular complexity index is 947. The Balaban J connectivity index is 1.61. The van der Waals surface area contributed by atoms with E-state index in [1.807, 2.05) is 37.3 Å². The molecule has 1 heterocycles. The van der Waals surface area contributed by atoms with Crippen molar-refractivity contribution < 1.29 is 22.7 Å². The van der Waals surface area contributed by atoms with Gasteiger partial charge in [0.2, 0.25) is 5.13 Å². The molecule has 146 valence electrons. The van der Waals surface area contributed by atoms with Gasteiger partial charge in [-0.1, -0.05) is 54.7 Å². The van der Waals surface area contributed by atoms with Crippen LogP contribution in [-0.4, -0.2) is 22.6 Å². The van der Waals surface area contributed by atoms with Crippen LogP contribution in [0.15, 0.2) is 54.6 Å². The fraction of sp³-hybridized carbons (Fsp3) is 0.167. The molecule has 1 aromatic heterocycles. The van der Waals surface area contributed by atoms with Crippen molar-refractivity contribution in [2.45, 2.75) is 19.2 Å². The molecule has 0 saturated carbocycles. The first-order valence-electron chi connectivity index (χ1n) is 8.12. The van der Waals surface area contributed by atoms with Crippen LogP contribution in [0.5, 0.6) is 5.75 Å². The number of benzene rings is 2. The van der Waals surface area contributed by atoms with Crippen molar-refractivity contribution in [3.63, 3.8) is 0 Å². The van der Waals surface area contributed by atoms with E-state index in [1.165, 1.54) is 23.5 Å². The predicted molar refractivity (Wildman–Crippen MR) is 99.6 cm³/mol. The number of rotatable bonds is 5. The lowest BCUT2D eigenvalue weighted by atomic mass is 10.0. The summed E-state index contributed by atoms with van der Waals surface area (Å²) in [5, 5.41) is 14.0. The van der Waals surface area contributed by atoms with Crippen molar-refractivity contribution >= 4 is 28.2 Å². The third kappa shape index (κ3) is 5.43. The lowest BCUT2D eigenvalue weighted by Gasteiger charge is -2.10. The zero-order valence-corrected chi connectivity index (χ0v) is 15.3. The Morgan fingerprint density at radius 1 is 1.07 bits per heavy atom. The molecule has 0 aliphatic heterocycles. The summed E-state index contributed by atoms with van der Waals surface area (Å²) in [4.78, 5) is 12.1. The first-order chi connectivity index (χ1) is 13.3. The molecule has 0 bridgehead atoms. The highest BCUT2D eigenvalue weighted by molar-refractivity contribution is 7.15. The van der Waals surface area contributed by atoms with Gasteiger partial charge in [-0.2, -0.15) is 0 Å². The molecule has 6 nitrogen and oxygen atoms in total. The summed E-state index contributed by atoms with van der Waals surface area (Å²) in [5.74, 6) is -0.423. The first kappa shape index (κ1) is 19.6. The standard InChI is InChI=1S/C18H15F3N4O2S/c1-11(12-6-3-2-4-7-12)15-24-25-17(28-15)23-16(26)22-13-8-5-9-14(10-13)27-18(19,20)21/h2-11H,1H3,(H2,22,23,25,26). The van der Waals surface area contributed by atoms with Gasteiger partial charge in [-0.25, -0.2) is 4.79 Å². The summed E-state index contributed by atoms with van der Waals surface area (Å²) in [7, 11) is 0. The van der Waals surface area contributed by atoms with Gasteiger partial charge in [-0.15, -0.1) is 23.4 Å². The second-order valence-corrected chi connectivity index (χ2v) is 6.74. The average molecular weight is 408 g/mol. The van der Waals surface area contributed by atoms with Gasteiger partial charge in [-0.3, -0.25) is 5.32 Å². The van der Waals surface area contributed by atoms with Gasteiger partial charge < -0.3 is 10.1 Å². The molecule has 0 aliphatic rings. The second-order valence-electron chi connectivity index (χ2n) is 5.73. The number of aromatic nitrogens is 2. The van der Waals surface area contributed by atoms with Gasteiger partial charge in [0.15, 0.2) is 0 Å². The maximum Gasteiger partial charge on any atom is 0.573 e. The van der Waals surface area contributed by atoms with Crippen LogP contribution in [-0.2, 0) is 0 Å². The third-order valence-electron chi connectivity index (χ3n) is 3.66. The van der Waals surface area contributed by atoms with E-state index in [0.717, 1.165) is 22.7 Å². The zero-order chi connectivity index (χ0) is 20.1. The van der Waals surface area contributed by atoms with E-state index in [1.54, 1.807) is 0 Å². The highest BCUT2D eigenvalue weighted by Crippen LogP contribution is 2.29. The quantitative estimate of drug-likeness (QED) is 0.606. The summed E-state index contributed by atoms with van der Waals surface area (Å²) >= 11 is 1.22. The fourth-order valence-electron chi connectivity index (χ4n) is 2.37. The number of amides is 2. The van der Waals surface area contributed by atoms with Crippen LogP contribution in [0.25, 0.3) is 0 Å². The van der Waals surface area contributed by atoms with Crippen LogP contribution in [0.3, 0.4) is 0 Å². The average Bonchev–Trinajstić information content (AvgIpc) is 3.09. The number of halogens is 3. The molecule has 0 spiro atoms. The number of anilines is 2. The van der Waals surface area contributed by atoms with Crippen molar-refractivity contribution in [3.05, 3.63) is 65.2 Å². The van der Waals surface area contributed by atoms with Crippen LogP contribution in [0.1, 0.15) is 23.4 Å². The number of carbonyl (C=O) groups is 1. The summed E-state index contributed by atoms with van der Waals surface area (Å²) in [6.07, 6.45) is -4.81. The van der Waals surface area contributed by atoms with Crippen LogP contribution in [0, 0.1) is 0 Å². The summed E-state index contributed by atoms with van der Waals surface area (Å²) < 4.78 is 40.7. The SMILES string of the molecule is CC(c1ccccc1)c1nnc(NC(=O)Nc2cccc(OC(F)(F)F)c2)s1. The number of alkyl halides is 3. The number of hydrogen-bond donors (Lipinski definition) is 2. The van der Waals surface area contributed by atoms with E-state index in [0.29, 0.717) is 0 Å². The maximum absolute atomic E-state index is 12.3. The third-order valence-corrected chi connectivity index (χ3v) is 4.68. The minimum absolute atomic E-state index is 0.00788. The lowest BCUT2D eigenvalue weighted by molar-refractivity contribution is -0.274. The molecule has 0 fully saturated rings. The van der Waals surface area contributed by atoms with E-state index in [4.69, 9.17) is 0 Å². The summed E-state index contributed by atoms with van der Waals surface area (Å²) in [5.41, 5.74) is 1.21. The molecule has 0 aliphatic carbocycles. The van der Waals surface area contributed by atoms with Crippen molar-refractivity contribution in [2.75, 3.05) is 10.6 Å². The normalized spacial score (nSPS) is 12.3. The number of ether oxygens (including phenoxy) is 1. The smallest absolute Gasteiger partial charge is 0.406 e.